The topological polar surface area (TPSA) is 45.2 Å². The lowest BCUT2D eigenvalue weighted by atomic mass is 10.1. The first-order chi connectivity index (χ1) is 10.9. The second-order valence-corrected chi connectivity index (χ2v) is 7.66. The lowest BCUT2D eigenvalue weighted by Gasteiger charge is -2.16. The number of pyridine rings is 1. The number of carbonyl (C=O) groups excluding carboxylic acids is 1. The molecule has 2 fully saturated rings. The SMILES string of the molecule is CC(C)=C[C@@H]1[C@H](C(=O)Nc2ccc(N3CCCC3)nc2)C1(C)C. The van der Waals surface area contributed by atoms with Gasteiger partial charge in [0.1, 0.15) is 5.82 Å². The highest BCUT2D eigenvalue weighted by atomic mass is 16.2. The van der Waals surface area contributed by atoms with Crippen molar-refractivity contribution in [1.82, 2.24) is 4.98 Å². The molecule has 2 atom stereocenters. The van der Waals surface area contributed by atoms with Crippen molar-refractivity contribution < 1.29 is 4.79 Å². The summed E-state index contributed by atoms with van der Waals surface area (Å²) < 4.78 is 0. The Morgan fingerprint density at radius 1 is 1.30 bits per heavy atom. The van der Waals surface area contributed by atoms with Gasteiger partial charge in [-0.25, -0.2) is 4.98 Å². The summed E-state index contributed by atoms with van der Waals surface area (Å²) in [6.07, 6.45) is 6.47. The number of hydrogen-bond donors (Lipinski definition) is 1. The smallest absolute Gasteiger partial charge is 0.228 e. The molecule has 1 saturated heterocycles. The predicted octanol–water partition coefficient (Wildman–Crippen LogP) is 3.86. The van der Waals surface area contributed by atoms with Crippen molar-refractivity contribution in [3.8, 4) is 0 Å². The van der Waals surface area contributed by atoms with Gasteiger partial charge in [0.2, 0.25) is 5.91 Å². The van der Waals surface area contributed by atoms with E-state index >= 15 is 0 Å². The van der Waals surface area contributed by atoms with Gasteiger partial charge < -0.3 is 10.2 Å². The van der Waals surface area contributed by atoms with Crippen molar-refractivity contribution in [3.05, 3.63) is 30.0 Å². The Hall–Kier alpha value is -1.84. The number of nitrogens with zero attached hydrogens (tertiary/aromatic N) is 2. The standard InChI is InChI=1S/C19H27N3O/c1-13(2)11-15-17(19(15,3)4)18(23)21-14-7-8-16(20-12-14)22-9-5-6-10-22/h7-8,11-12,15,17H,5-6,9-10H2,1-4H3,(H,21,23)/t15-,17-/m1/s1. The molecule has 1 aliphatic heterocycles. The number of hydrogen-bond acceptors (Lipinski definition) is 3. The van der Waals surface area contributed by atoms with Crippen molar-refractivity contribution in [1.29, 1.82) is 0 Å². The summed E-state index contributed by atoms with van der Waals surface area (Å²) in [5.74, 6) is 1.50. The van der Waals surface area contributed by atoms with E-state index in [-0.39, 0.29) is 17.2 Å². The highest BCUT2D eigenvalue weighted by Gasteiger charge is 2.60. The van der Waals surface area contributed by atoms with Gasteiger partial charge in [-0.1, -0.05) is 25.5 Å². The van der Waals surface area contributed by atoms with Gasteiger partial charge in [-0.15, -0.1) is 0 Å². The van der Waals surface area contributed by atoms with E-state index in [4.69, 9.17) is 0 Å². The van der Waals surface area contributed by atoms with Gasteiger partial charge in [-0.05, 0) is 50.2 Å². The largest absolute Gasteiger partial charge is 0.357 e. The summed E-state index contributed by atoms with van der Waals surface area (Å²) in [5.41, 5.74) is 2.11. The zero-order valence-electron chi connectivity index (χ0n) is 14.6. The molecule has 23 heavy (non-hydrogen) atoms. The third-order valence-electron chi connectivity index (χ3n) is 5.15. The van der Waals surface area contributed by atoms with Crippen LogP contribution in [0.1, 0.15) is 40.5 Å². The van der Waals surface area contributed by atoms with E-state index in [1.54, 1.807) is 6.20 Å². The van der Waals surface area contributed by atoms with Gasteiger partial charge >= 0.3 is 0 Å². The highest BCUT2D eigenvalue weighted by Crippen LogP contribution is 2.59. The molecular formula is C19H27N3O. The van der Waals surface area contributed by atoms with Crippen LogP contribution in [0.15, 0.2) is 30.0 Å². The fraction of sp³-hybridized carbons (Fsp3) is 0.579. The van der Waals surface area contributed by atoms with Crippen LogP contribution in [0.5, 0.6) is 0 Å². The van der Waals surface area contributed by atoms with Gasteiger partial charge in [-0.2, -0.15) is 0 Å². The van der Waals surface area contributed by atoms with Crippen LogP contribution in [0.2, 0.25) is 0 Å². The van der Waals surface area contributed by atoms with Crippen LogP contribution < -0.4 is 10.2 Å². The van der Waals surface area contributed by atoms with Crippen molar-refractivity contribution in [2.24, 2.45) is 17.3 Å². The van der Waals surface area contributed by atoms with E-state index < -0.39 is 0 Å². The molecule has 2 aliphatic rings. The molecule has 0 spiro atoms. The minimum Gasteiger partial charge on any atom is -0.357 e. The molecule has 4 nitrogen and oxygen atoms in total. The quantitative estimate of drug-likeness (QED) is 0.859. The number of carbonyl (C=O) groups is 1. The minimum absolute atomic E-state index is 0.0459. The van der Waals surface area contributed by atoms with Crippen LogP contribution in [0.25, 0.3) is 0 Å². The number of anilines is 2. The molecular weight excluding hydrogens is 286 g/mol. The number of amides is 1. The molecule has 1 aliphatic carbocycles. The molecule has 1 aromatic heterocycles. The fourth-order valence-electron chi connectivity index (χ4n) is 3.66. The third kappa shape index (κ3) is 3.26. The zero-order valence-corrected chi connectivity index (χ0v) is 14.6. The van der Waals surface area contributed by atoms with E-state index in [1.807, 2.05) is 12.1 Å². The molecule has 0 bridgehead atoms. The first-order valence-corrected chi connectivity index (χ1v) is 8.56. The second kappa shape index (κ2) is 5.99. The molecule has 124 valence electrons. The third-order valence-corrected chi connectivity index (χ3v) is 5.15. The van der Waals surface area contributed by atoms with Gasteiger partial charge in [0.15, 0.2) is 0 Å². The van der Waals surface area contributed by atoms with Crippen LogP contribution in [0, 0.1) is 17.3 Å². The van der Waals surface area contributed by atoms with Gasteiger partial charge in [0, 0.05) is 13.1 Å². The van der Waals surface area contributed by atoms with Crippen molar-refractivity contribution in [2.45, 2.75) is 40.5 Å². The molecule has 2 heterocycles. The Bertz CT molecular complexity index is 608. The lowest BCUT2D eigenvalue weighted by molar-refractivity contribution is -0.118. The van der Waals surface area contributed by atoms with Crippen LogP contribution in [-0.4, -0.2) is 24.0 Å². The summed E-state index contributed by atoms with van der Waals surface area (Å²) in [6, 6.07) is 3.97. The molecule has 1 saturated carbocycles. The van der Waals surface area contributed by atoms with E-state index in [1.165, 1.54) is 18.4 Å². The Morgan fingerprint density at radius 3 is 2.57 bits per heavy atom. The molecule has 0 radical (unpaired) electrons. The first-order valence-electron chi connectivity index (χ1n) is 8.56. The number of aromatic nitrogens is 1. The molecule has 0 aromatic carbocycles. The maximum Gasteiger partial charge on any atom is 0.228 e. The normalized spacial score (nSPS) is 25.1. The van der Waals surface area contributed by atoms with E-state index in [2.05, 4.69) is 49.0 Å². The monoisotopic (exact) mass is 313 g/mol. The van der Waals surface area contributed by atoms with Crippen molar-refractivity contribution in [2.75, 3.05) is 23.3 Å². The van der Waals surface area contributed by atoms with Gasteiger partial charge in [0.05, 0.1) is 17.8 Å². The molecule has 3 rings (SSSR count). The summed E-state index contributed by atoms with van der Waals surface area (Å²) in [7, 11) is 0. The Morgan fingerprint density at radius 2 is 2.00 bits per heavy atom. The Kier molecular flexibility index (Phi) is 4.17. The molecule has 4 heteroatoms. The van der Waals surface area contributed by atoms with Crippen LogP contribution in [0.4, 0.5) is 11.5 Å². The molecule has 1 amide bonds. The average molecular weight is 313 g/mol. The number of allylic oxidation sites excluding steroid dienone is 2. The zero-order chi connectivity index (χ0) is 16.6. The Labute approximate surface area is 139 Å². The van der Waals surface area contributed by atoms with E-state index in [9.17, 15) is 4.79 Å². The van der Waals surface area contributed by atoms with Gasteiger partial charge in [-0.3, -0.25) is 4.79 Å². The second-order valence-electron chi connectivity index (χ2n) is 7.66. The summed E-state index contributed by atoms with van der Waals surface area (Å²) in [4.78, 5) is 19.3. The van der Waals surface area contributed by atoms with Crippen LogP contribution >= 0.6 is 0 Å². The van der Waals surface area contributed by atoms with Crippen molar-refractivity contribution in [3.63, 3.8) is 0 Å². The van der Waals surface area contributed by atoms with E-state index in [0.29, 0.717) is 5.92 Å². The number of nitrogens with one attached hydrogen (secondary N) is 1. The summed E-state index contributed by atoms with van der Waals surface area (Å²) in [5, 5.41) is 3.03. The maximum atomic E-state index is 12.5. The van der Waals surface area contributed by atoms with E-state index in [0.717, 1.165) is 24.6 Å². The lowest BCUT2D eigenvalue weighted by Crippen LogP contribution is -2.20. The summed E-state index contributed by atoms with van der Waals surface area (Å²) >= 11 is 0. The van der Waals surface area contributed by atoms with Gasteiger partial charge in [0.25, 0.3) is 0 Å². The highest BCUT2D eigenvalue weighted by molar-refractivity contribution is 5.95. The molecule has 1 aromatic rings. The molecule has 0 unspecified atom stereocenters. The predicted molar refractivity (Wildman–Crippen MR) is 94.5 cm³/mol. The Balaban J connectivity index is 1.63. The first kappa shape index (κ1) is 16.0. The van der Waals surface area contributed by atoms with Crippen LogP contribution in [-0.2, 0) is 4.79 Å². The fourth-order valence-corrected chi connectivity index (χ4v) is 3.66. The minimum atomic E-state index is 0.0459. The molecule has 1 N–H and O–H groups in total. The maximum absolute atomic E-state index is 12.5. The number of rotatable bonds is 4. The van der Waals surface area contributed by atoms with Crippen LogP contribution in [0.3, 0.4) is 0 Å². The average Bonchev–Trinajstić information content (AvgIpc) is 2.88. The summed E-state index contributed by atoms with van der Waals surface area (Å²) in [6.45, 7) is 10.7. The van der Waals surface area contributed by atoms with Crippen molar-refractivity contribution >= 4 is 17.4 Å².